The van der Waals surface area contributed by atoms with Crippen LogP contribution in [0.4, 0.5) is 27.5 Å². The van der Waals surface area contributed by atoms with Gasteiger partial charge in [0, 0.05) is 29.0 Å². The van der Waals surface area contributed by atoms with E-state index in [1.54, 1.807) is 61.0 Å². The lowest BCUT2D eigenvalue weighted by atomic mass is 9.96. The minimum Gasteiger partial charge on any atom is -0.443 e. The van der Waals surface area contributed by atoms with Gasteiger partial charge in [0.25, 0.3) is 0 Å². The van der Waals surface area contributed by atoms with Crippen molar-refractivity contribution in [3.05, 3.63) is 121 Å². The molecule has 0 saturated carbocycles. The highest BCUT2D eigenvalue weighted by Crippen LogP contribution is 2.40. The fraction of sp³-hybridized carbons (Fsp3) is 0.250. The van der Waals surface area contributed by atoms with Crippen molar-refractivity contribution in [1.29, 1.82) is 0 Å². The van der Waals surface area contributed by atoms with Crippen LogP contribution >= 0.6 is 0 Å². The number of carbonyl (C=O) groups is 4. The molecule has 0 saturated heterocycles. The summed E-state index contributed by atoms with van der Waals surface area (Å²) in [5.41, 5.74) is 2.76. The molecule has 0 bridgehead atoms. The first kappa shape index (κ1) is 33.2. The van der Waals surface area contributed by atoms with Crippen LogP contribution in [-0.4, -0.2) is 46.6 Å². The van der Waals surface area contributed by atoms with E-state index in [9.17, 15) is 19.2 Å². The summed E-state index contributed by atoms with van der Waals surface area (Å²) < 4.78 is 7.11. The molecule has 250 valence electrons. The van der Waals surface area contributed by atoms with E-state index < -0.39 is 29.4 Å². The molecule has 9 heteroatoms. The Labute approximate surface area is 286 Å². The van der Waals surface area contributed by atoms with Crippen molar-refractivity contribution >= 4 is 57.5 Å². The molecule has 1 unspecified atom stereocenters. The maximum absolute atomic E-state index is 14.8. The van der Waals surface area contributed by atoms with Crippen molar-refractivity contribution in [2.75, 3.05) is 21.2 Å². The van der Waals surface area contributed by atoms with E-state index in [1.165, 1.54) is 9.47 Å². The zero-order valence-corrected chi connectivity index (χ0v) is 28.4. The van der Waals surface area contributed by atoms with E-state index in [-0.39, 0.29) is 24.9 Å². The van der Waals surface area contributed by atoms with Crippen molar-refractivity contribution in [2.24, 2.45) is 5.92 Å². The molecule has 2 heterocycles. The van der Waals surface area contributed by atoms with Gasteiger partial charge in [0.1, 0.15) is 18.1 Å². The number of amides is 3. The van der Waals surface area contributed by atoms with Gasteiger partial charge in [-0.3, -0.25) is 23.9 Å². The van der Waals surface area contributed by atoms with E-state index in [4.69, 9.17) is 4.74 Å². The lowest BCUT2D eigenvalue weighted by molar-refractivity contribution is -0.132. The molecule has 49 heavy (non-hydrogen) atoms. The van der Waals surface area contributed by atoms with Gasteiger partial charge in [0.05, 0.1) is 16.9 Å². The summed E-state index contributed by atoms with van der Waals surface area (Å²) in [7, 11) is 0. The van der Waals surface area contributed by atoms with E-state index in [2.05, 4.69) is 0 Å². The second kappa shape index (κ2) is 13.4. The lowest BCUT2D eigenvalue weighted by Gasteiger charge is -2.31. The summed E-state index contributed by atoms with van der Waals surface area (Å²) in [6.07, 6.45) is 1.08. The molecule has 0 N–H and O–H groups in total. The second-order valence-electron chi connectivity index (χ2n) is 13.4. The van der Waals surface area contributed by atoms with Crippen LogP contribution in [0.25, 0.3) is 10.9 Å². The Morgan fingerprint density at radius 2 is 1.37 bits per heavy atom. The quantitative estimate of drug-likeness (QED) is 0.167. The Morgan fingerprint density at radius 3 is 2.02 bits per heavy atom. The molecule has 1 aliphatic heterocycles. The van der Waals surface area contributed by atoms with Gasteiger partial charge in [-0.1, -0.05) is 66.7 Å². The number of rotatable bonds is 7. The smallest absolute Gasteiger partial charge is 0.419 e. The highest BCUT2D eigenvalue weighted by atomic mass is 16.6. The van der Waals surface area contributed by atoms with Crippen molar-refractivity contribution in [3.63, 3.8) is 0 Å². The fourth-order valence-corrected chi connectivity index (χ4v) is 6.37. The van der Waals surface area contributed by atoms with Gasteiger partial charge in [-0.2, -0.15) is 0 Å². The molecule has 1 atom stereocenters. The lowest BCUT2D eigenvalue weighted by Crippen LogP contribution is -2.48. The zero-order chi connectivity index (χ0) is 34.9. The van der Waals surface area contributed by atoms with Crippen molar-refractivity contribution in [2.45, 2.75) is 52.7 Å². The number of ether oxygens (including phenoxy) is 1. The molecule has 1 aromatic heterocycles. The van der Waals surface area contributed by atoms with Crippen LogP contribution in [0.5, 0.6) is 0 Å². The average Bonchev–Trinajstić information content (AvgIpc) is 3.41. The minimum absolute atomic E-state index is 0.0113. The van der Waals surface area contributed by atoms with Gasteiger partial charge in [-0.15, -0.1) is 0 Å². The maximum Gasteiger partial charge on any atom is 0.419 e. The first-order valence-corrected chi connectivity index (χ1v) is 16.4. The molecule has 0 radical (unpaired) electrons. The molecular weight excluding hydrogens is 616 g/mol. The van der Waals surface area contributed by atoms with Crippen LogP contribution in [0.2, 0.25) is 0 Å². The summed E-state index contributed by atoms with van der Waals surface area (Å²) in [6.45, 7) is 8.95. The van der Waals surface area contributed by atoms with E-state index in [1.807, 2.05) is 98.8 Å². The summed E-state index contributed by atoms with van der Waals surface area (Å²) in [5.74, 6) is -2.45. The Morgan fingerprint density at radius 1 is 0.776 bits per heavy atom. The number of nitrogens with zero attached hydrogens (tertiary/aromatic N) is 4. The maximum atomic E-state index is 14.8. The molecule has 0 spiro atoms. The number of hydrogen-bond acceptors (Lipinski definition) is 5. The minimum atomic E-state index is -1.22. The summed E-state index contributed by atoms with van der Waals surface area (Å²) in [6, 6.07) is 32.8. The molecule has 1 aliphatic rings. The van der Waals surface area contributed by atoms with Crippen molar-refractivity contribution in [3.8, 4) is 0 Å². The first-order valence-electron chi connectivity index (χ1n) is 16.4. The number of para-hydroxylation sites is 5. The number of carbonyl (C=O) groups excluding carboxylic acids is 4. The average molecular weight is 657 g/mol. The summed E-state index contributed by atoms with van der Waals surface area (Å²) in [5, 5.41) is 0.722. The standard InChI is InChI=1S/C40H40N4O5/c1-27(2)43(29-16-8-6-9-17-29)36(45)26-41-34-22-14-15-23-35(34)44(30-18-10-7-11-19-30)38(47)32(37(41)46)24-28-25-42(39(48)49-40(3,4)5)33-21-13-12-20-31(28)33/h6-23,25,27,32H,24,26H2,1-5H3. The highest BCUT2D eigenvalue weighted by Gasteiger charge is 2.42. The third-order valence-electron chi connectivity index (χ3n) is 8.43. The molecule has 9 nitrogen and oxygen atoms in total. The first-order chi connectivity index (χ1) is 23.4. The normalized spacial score (nSPS) is 14.9. The Balaban J connectivity index is 1.47. The van der Waals surface area contributed by atoms with Crippen LogP contribution in [0.3, 0.4) is 0 Å². The van der Waals surface area contributed by atoms with Crippen LogP contribution in [-0.2, 0) is 25.5 Å². The highest BCUT2D eigenvalue weighted by molar-refractivity contribution is 6.21. The van der Waals surface area contributed by atoms with Gasteiger partial charge in [-0.05, 0) is 89.1 Å². The molecule has 3 amide bonds. The number of fused-ring (bicyclic) bond motifs is 2. The topological polar surface area (TPSA) is 92.2 Å². The Kier molecular flexibility index (Phi) is 9.10. The number of benzene rings is 4. The molecular formula is C40H40N4O5. The third-order valence-corrected chi connectivity index (χ3v) is 8.43. The Bertz CT molecular complexity index is 2010. The summed E-state index contributed by atoms with van der Waals surface area (Å²) >= 11 is 0. The zero-order valence-electron chi connectivity index (χ0n) is 28.4. The largest absolute Gasteiger partial charge is 0.443 e. The molecule has 0 aliphatic carbocycles. The van der Waals surface area contributed by atoms with E-state index >= 15 is 0 Å². The van der Waals surface area contributed by atoms with Crippen molar-refractivity contribution in [1.82, 2.24) is 4.57 Å². The van der Waals surface area contributed by atoms with Crippen molar-refractivity contribution < 1.29 is 23.9 Å². The van der Waals surface area contributed by atoms with Crippen LogP contribution in [0, 0.1) is 5.92 Å². The Hall–Kier alpha value is -5.70. The van der Waals surface area contributed by atoms with Gasteiger partial charge in [0.2, 0.25) is 17.7 Å². The number of hydrogen-bond donors (Lipinski definition) is 0. The van der Waals surface area contributed by atoms with Crippen LogP contribution in [0.1, 0.15) is 40.2 Å². The predicted molar refractivity (Wildman–Crippen MR) is 192 cm³/mol. The fourth-order valence-electron chi connectivity index (χ4n) is 6.37. The second-order valence-corrected chi connectivity index (χ2v) is 13.4. The van der Waals surface area contributed by atoms with E-state index in [0.717, 1.165) is 5.39 Å². The van der Waals surface area contributed by atoms with Gasteiger partial charge in [0.15, 0.2) is 0 Å². The van der Waals surface area contributed by atoms with Crippen LogP contribution < -0.4 is 14.7 Å². The molecule has 4 aromatic carbocycles. The number of anilines is 4. The monoisotopic (exact) mass is 656 g/mol. The SMILES string of the molecule is CC(C)N(C(=O)CN1C(=O)C(Cc2cn(C(=O)OC(C)(C)C)c3ccccc23)C(=O)N(c2ccccc2)c2ccccc21)c1ccccc1. The summed E-state index contributed by atoms with van der Waals surface area (Å²) in [4.78, 5) is 61.7. The number of aromatic nitrogens is 1. The third kappa shape index (κ3) is 6.69. The predicted octanol–water partition coefficient (Wildman–Crippen LogP) is 7.74. The molecule has 0 fully saturated rings. The van der Waals surface area contributed by atoms with Gasteiger partial charge in [-0.25, -0.2) is 4.79 Å². The molecule has 5 aromatic rings. The van der Waals surface area contributed by atoms with Gasteiger partial charge >= 0.3 is 6.09 Å². The van der Waals surface area contributed by atoms with Gasteiger partial charge < -0.3 is 14.5 Å². The molecule has 6 rings (SSSR count). The van der Waals surface area contributed by atoms with E-state index in [0.29, 0.717) is 33.8 Å². The van der Waals surface area contributed by atoms with Crippen LogP contribution in [0.15, 0.2) is 115 Å².